The number of nitrogens with zero attached hydrogens (tertiary/aromatic N) is 3. The third-order valence-electron chi connectivity index (χ3n) is 4.32. The van der Waals surface area contributed by atoms with E-state index in [0.717, 1.165) is 39.0 Å². The monoisotopic (exact) mass is 375 g/mol. The fourth-order valence-corrected chi connectivity index (χ4v) is 3.01. The van der Waals surface area contributed by atoms with Crippen LogP contribution in [-0.4, -0.2) is 22.1 Å². The van der Waals surface area contributed by atoms with Gasteiger partial charge in [0.25, 0.3) is 0 Å². The molecule has 0 atom stereocenters. The van der Waals surface area contributed by atoms with Gasteiger partial charge in [0.1, 0.15) is 11.4 Å². The first-order valence-corrected chi connectivity index (χ1v) is 9.67. The van der Waals surface area contributed by atoms with E-state index in [4.69, 9.17) is 14.7 Å². The number of aromatic nitrogens is 3. The van der Waals surface area contributed by atoms with Crippen molar-refractivity contribution in [1.82, 2.24) is 15.0 Å². The lowest BCUT2D eigenvalue weighted by Crippen LogP contribution is -2.32. The van der Waals surface area contributed by atoms with Crippen LogP contribution in [0.1, 0.15) is 39.0 Å². The normalized spacial score (nSPS) is 11.8. The van der Waals surface area contributed by atoms with Gasteiger partial charge in [0.15, 0.2) is 5.82 Å². The maximum atomic E-state index is 5.31. The SMILES string of the molecule is C/C=c1/c(-c2cccc(C)c2)nc(-c2ccc(OC)c(C)n2)n/c1=C/C.CC. The maximum Gasteiger partial charge on any atom is 0.179 e. The smallest absolute Gasteiger partial charge is 0.179 e. The summed E-state index contributed by atoms with van der Waals surface area (Å²) in [6.45, 7) is 12.0. The number of hydrogen-bond donors (Lipinski definition) is 0. The Morgan fingerprint density at radius 3 is 2.21 bits per heavy atom. The summed E-state index contributed by atoms with van der Waals surface area (Å²) in [6, 6.07) is 12.2. The molecule has 3 aromatic rings. The predicted molar refractivity (Wildman–Crippen MR) is 118 cm³/mol. The molecule has 0 amide bonds. The van der Waals surface area contributed by atoms with Gasteiger partial charge in [-0.05, 0) is 45.9 Å². The number of pyridine rings is 1. The second-order valence-electron chi connectivity index (χ2n) is 6.13. The van der Waals surface area contributed by atoms with E-state index in [0.29, 0.717) is 5.82 Å². The minimum absolute atomic E-state index is 0.617. The molecule has 0 spiro atoms. The van der Waals surface area contributed by atoms with Crippen LogP contribution in [0.2, 0.25) is 0 Å². The molecule has 0 aliphatic carbocycles. The molecule has 0 bridgehead atoms. The highest BCUT2D eigenvalue weighted by Crippen LogP contribution is 2.21. The van der Waals surface area contributed by atoms with Gasteiger partial charge in [-0.1, -0.05) is 49.8 Å². The summed E-state index contributed by atoms with van der Waals surface area (Å²) in [5, 5.41) is 1.94. The molecule has 1 aromatic carbocycles. The van der Waals surface area contributed by atoms with Gasteiger partial charge >= 0.3 is 0 Å². The zero-order valence-electron chi connectivity index (χ0n) is 17.9. The van der Waals surface area contributed by atoms with Crippen LogP contribution >= 0.6 is 0 Å². The highest BCUT2D eigenvalue weighted by Gasteiger charge is 2.11. The second kappa shape index (κ2) is 9.79. The van der Waals surface area contributed by atoms with Gasteiger partial charge in [0.05, 0.1) is 23.8 Å². The molecule has 28 heavy (non-hydrogen) atoms. The largest absolute Gasteiger partial charge is 0.495 e. The van der Waals surface area contributed by atoms with Crippen molar-refractivity contribution in [3.8, 4) is 28.5 Å². The van der Waals surface area contributed by atoms with E-state index in [1.165, 1.54) is 5.56 Å². The number of rotatable bonds is 3. The van der Waals surface area contributed by atoms with Gasteiger partial charge < -0.3 is 4.74 Å². The summed E-state index contributed by atoms with van der Waals surface area (Å²) in [4.78, 5) is 14.2. The van der Waals surface area contributed by atoms with Crippen molar-refractivity contribution < 1.29 is 4.74 Å². The van der Waals surface area contributed by atoms with Gasteiger partial charge in [0.2, 0.25) is 0 Å². The number of methoxy groups -OCH3 is 1. The number of aryl methyl sites for hydroxylation is 2. The Morgan fingerprint density at radius 2 is 1.64 bits per heavy atom. The number of benzene rings is 1. The highest BCUT2D eigenvalue weighted by molar-refractivity contribution is 5.65. The lowest BCUT2D eigenvalue weighted by molar-refractivity contribution is 0.409. The minimum Gasteiger partial charge on any atom is -0.495 e. The van der Waals surface area contributed by atoms with Crippen LogP contribution in [0.15, 0.2) is 36.4 Å². The molecule has 4 nitrogen and oxygen atoms in total. The second-order valence-corrected chi connectivity index (χ2v) is 6.13. The lowest BCUT2D eigenvalue weighted by Gasteiger charge is -2.09. The van der Waals surface area contributed by atoms with Crippen LogP contribution in [0, 0.1) is 13.8 Å². The molecule has 0 aliphatic heterocycles. The maximum absolute atomic E-state index is 5.31. The van der Waals surface area contributed by atoms with Crippen LogP contribution in [0.25, 0.3) is 34.9 Å². The van der Waals surface area contributed by atoms with Crippen molar-refractivity contribution in [3.05, 3.63) is 58.2 Å². The van der Waals surface area contributed by atoms with Crippen molar-refractivity contribution in [2.75, 3.05) is 7.11 Å². The fourth-order valence-electron chi connectivity index (χ4n) is 3.01. The van der Waals surface area contributed by atoms with Gasteiger partial charge in [-0.2, -0.15) is 0 Å². The molecule has 146 valence electrons. The van der Waals surface area contributed by atoms with Crippen LogP contribution in [0.3, 0.4) is 0 Å². The average Bonchev–Trinajstić information content (AvgIpc) is 2.74. The average molecular weight is 376 g/mol. The Balaban J connectivity index is 0.00000136. The van der Waals surface area contributed by atoms with Crippen molar-refractivity contribution in [2.24, 2.45) is 0 Å². The molecule has 2 aromatic heterocycles. The summed E-state index contributed by atoms with van der Waals surface area (Å²) in [7, 11) is 1.64. The number of ether oxygens (including phenoxy) is 1. The molecule has 2 heterocycles. The molecule has 0 unspecified atom stereocenters. The van der Waals surface area contributed by atoms with Gasteiger partial charge in [0, 0.05) is 10.8 Å². The first kappa shape index (κ1) is 21.3. The van der Waals surface area contributed by atoms with E-state index >= 15 is 0 Å². The summed E-state index contributed by atoms with van der Waals surface area (Å²) < 4.78 is 5.31. The summed E-state index contributed by atoms with van der Waals surface area (Å²) in [6.07, 6.45) is 4.07. The summed E-state index contributed by atoms with van der Waals surface area (Å²) in [5.41, 5.74) is 4.76. The third kappa shape index (κ3) is 4.45. The number of hydrogen-bond acceptors (Lipinski definition) is 4. The van der Waals surface area contributed by atoms with Crippen LogP contribution in [0.5, 0.6) is 5.75 Å². The van der Waals surface area contributed by atoms with Crippen LogP contribution in [0.4, 0.5) is 0 Å². The topological polar surface area (TPSA) is 47.9 Å². The molecule has 0 radical (unpaired) electrons. The molecule has 0 N–H and O–H groups in total. The van der Waals surface area contributed by atoms with Crippen molar-refractivity contribution in [3.63, 3.8) is 0 Å². The van der Waals surface area contributed by atoms with Crippen LogP contribution in [-0.2, 0) is 0 Å². The molecule has 0 fully saturated rings. The van der Waals surface area contributed by atoms with E-state index in [2.05, 4.69) is 42.2 Å². The molecular weight excluding hydrogens is 346 g/mol. The van der Waals surface area contributed by atoms with E-state index in [1.54, 1.807) is 7.11 Å². The Bertz CT molecular complexity index is 1070. The van der Waals surface area contributed by atoms with Gasteiger partial charge in [-0.3, -0.25) is 0 Å². The first-order valence-electron chi connectivity index (χ1n) is 9.67. The first-order chi connectivity index (χ1) is 13.6. The highest BCUT2D eigenvalue weighted by atomic mass is 16.5. The standard InChI is InChI=1S/C22H23N3O.C2H6/c1-6-17-18(7-2)24-22(19-11-12-20(26-5)15(4)23-19)25-21(17)16-10-8-9-14(3)13-16;1-2/h6-13H,1-5H3;1-2H3/b17-6+,18-7+;. The quantitative estimate of drug-likeness (QED) is 0.678. The molecule has 0 saturated carbocycles. The van der Waals surface area contributed by atoms with E-state index in [9.17, 15) is 0 Å². The third-order valence-corrected chi connectivity index (χ3v) is 4.32. The van der Waals surface area contributed by atoms with Crippen LogP contribution < -0.4 is 15.3 Å². The molecule has 3 rings (SSSR count). The zero-order chi connectivity index (χ0) is 20.7. The molecule has 4 heteroatoms. The Morgan fingerprint density at radius 1 is 0.893 bits per heavy atom. The minimum atomic E-state index is 0.617. The van der Waals surface area contributed by atoms with Crippen molar-refractivity contribution in [1.29, 1.82) is 0 Å². The fraction of sp³-hybridized carbons (Fsp3) is 0.292. The lowest BCUT2D eigenvalue weighted by atomic mass is 10.1. The van der Waals surface area contributed by atoms with Gasteiger partial charge in [-0.25, -0.2) is 15.0 Å². The van der Waals surface area contributed by atoms with Gasteiger partial charge in [-0.15, -0.1) is 0 Å². The Labute approximate surface area is 167 Å². The van der Waals surface area contributed by atoms with E-state index in [1.807, 2.05) is 52.8 Å². The zero-order valence-corrected chi connectivity index (χ0v) is 17.9. The van der Waals surface area contributed by atoms with Crippen molar-refractivity contribution >= 4 is 12.2 Å². The summed E-state index contributed by atoms with van der Waals surface area (Å²) >= 11 is 0. The van der Waals surface area contributed by atoms with Crippen molar-refractivity contribution in [2.45, 2.75) is 41.5 Å². The molecule has 0 saturated heterocycles. The molecular formula is C24H29N3O. The molecule has 0 aliphatic rings. The van der Waals surface area contributed by atoms with E-state index < -0.39 is 0 Å². The van der Waals surface area contributed by atoms with E-state index in [-0.39, 0.29) is 0 Å². The summed E-state index contributed by atoms with van der Waals surface area (Å²) in [5.74, 6) is 1.37. The Hall–Kier alpha value is -3.01. The predicted octanol–water partition coefficient (Wildman–Crippen LogP) is 4.46. The Kier molecular flexibility index (Phi) is 7.44.